The number of rotatable bonds is 9. The molecule has 31 heavy (non-hydrogen) atoms. The van der Waals surface area contributed by atoms with Gasteiger partial charge in [0.1, 0.15) is 17.4 Å². The SMILES string of the molecule is COc1ccc(CCC(=O)Nc2ccccc2C(=O)OCC(=O)C(C#N)=C(C)N)cc1. The van der Waals surface area contributed by atoms with E-state index in [0.29, 0.717) is 6.42 Å². The van der Waals surface area contributed by atoms with Crippen LogP contribution in [0.2, 0.25) is 0 Å². The van der Waals surface area contributed by atoms with Crippen LogP contribution in [0.25, 0.3) is 0 Å². The van der Waals surface area contributed by atoms with E-state index in [2.05, 4.69) is 5.32 Å². The van der Waals surface area contributed by atoms with E-state index in [0.717, 1.165) is 11.3 Å². The fourth-order valence-electron chi connectivity index (χ4n) is 2.68. The Bertz CT molecular complexity index is 1030. The summed E-state index contributed by atoms with van der Waals surface area (Å²) in [6.45, 7) is 0.783. The van der Waals surface area contributed by atoms with E-state index in [9.17, 15) is 14.4 Å². The highest BCUT2D eigenvalue weighted by molar-refractivity contribution is 6.04. The molecule has 160 valence electrons. The molecule has 8 nitrogen and oxygen atoms in total. The summed E-state index contributed by atoms with van der Waals surface area (Å²) in [5.74, 6) is -1.04. The summed E-state index contributed by atoms with van der Waals surface area (Å²) in [6, 6.07) is 15.4. The third kappa shape index (κ3) is 6.72. The monoisotopic (exact) mass is 421 g/mol. The Kier molecular flexibility index (Phi) is 8.34. The molecule has 0 aliphatic rings. The number of methoxy groups -OCH3 is 1. The summed E-state index contributed by atoms with van der Waals surface area (Å²) in [4.78, 5) is 36.7. The summed E-state index contributed by atoms with van der Waals surface area (Å²) in [6.07, 6.45) is 0.721. The van der Waals surface area contributed by atoms with E-state index in [1.165, 1.54) is 13.0 Å². The lowest BCUT2D eigenvalue weighted by Crippen LogP contribution is -2.19. The lowest BCUT2D eigenvalue weighted by Gasteiger charge is -2.11. The van der Waals surface area contributed by atoms with Crippen molar-refractivity contribution in [2.24, 2.45) is 5.73 Å². The molecule has 0 atom stereocenters. The zero-order valence-electron chi connectivity index (χ0n) is 17.3. The molecular weight excluding hydrogens is 398 g/mol. The van der Waals surface area contributed by atoms with Crippen molar-refractivity contribution in [3.63, 3.8) is 0 Å². The number of nitriles is 1. The quantitative estimate of drug-likeness (QED) is 0.361. The first kappa shape index (κ1) is 23.2. The van der Waals surface area contributed by atoms with Crippen LogP contribution in [0, 0.1) is 11.3 Å². The van der Waals surface area contributed by atoms with Crippen molar-refractivity contribution < 1.29 is 23.9 Å². The molecule has 0 heterocycles. The Morgan fingerprint density at radius 3 is 2.39 bits per heavy atom. The summed E-state index contributed by atoms with van der Waals surface area (Å²) < 4.78 is 10.1. The number of nitrogens with zero attached hydrogens (tertiary/aromatic N) is 1. The van der Waals surface area contributed by atoms with E-state index in [4.69, 9.17) is 20.5 Å². The fourth-order valence-corrected chi connectivity index (χ4v) is 2.68. The minimum absolute atomic E-state index is 0.0491. The van der Waals surface area contributed by atoms with E-state index < -0.39 is 18.4 Å². The molecule has 2 aromatic carbocycles. The number of esters is 1. The van der Waals surface area contributed by atoms with Gasteiger partial charge in [-0.05, 0) is 43.2 Å². The van der Waals surface area contributed by atoms with Crippen LogP contribution in [0.15, 0.2) is 59.8 Å². The second-order valence-corrected chi connectivity index (χ2v) is 6.61. The van der Waals surface area contributed by atoms with Crippen LogP contribution in [0.3, 0.4) is 0 Å². The van der Waals surface area contributed by atoms with Crippen molar-refractivity contribution in [3.8, 4) is 11.8 Å². The number of para-hydroxylation sites is 1. The number of amides is 1. The van der Waals surface area contributed by atoms with Crippen LogP contribution in [0.1, 0.15) is 29.3 Å². The number of anilines is 1. The van der Waals surface area contributed by atoms with Crippen LogP contribution in [0.4, 0.5) is 5.69 Å². The molecule has 0 saturated heterocycles. The zero-order chi connectivity index (χ0) is 22.8. The van der Waals surface area contributed by atoms with Gasteiger partial charge in [-0.2, -0.15) is 5.26 Å². The van der Waals surface area contributed by atoms with Crippen molar-refractivity contribution in [2.75, 3.05) is 19.0 Å². The third-order valence-corrected chi connectivity index (χ3v) is 4.34. The minimum atomic E-state index is -0.800. The first-order valence-electron chi connectivity index (χ1n) is 9.44. The van der Waals surface area contributed by atoms with Gasteiger partial charge in [0.25, 0.3) is 0 Å². The standard InChI is InChI=1S/C23H23N3O5/c1-15(25)19(13-24)21(27)14-31-23(29)18-5-3-4-6-20(18)26-22(28)12-9-16-7-10-17(30-2)11-8-16/h3-8,10-11H,9,12,14,25H2,1-2H3,(H,26,28). The lowest BCUT2D eigenvalue weighted by atomic mass is 10.1. The number of Topliss-reactive ketones (excluding diaryl/α,β-unsaturated/α-hetero) is 1. The highest BCUT2D eigenvalue weighted by Gasteiger charge is 2.18. The Morgan fingerprint density at radius 2 is 1.77 bits per heavy atom. The molecular formula is C23H23N3O5. The van der Waals surface area contributed by atoms with Gasteiger partial charge in [0.05, 0.1) is 18.4 Å². The molecule has 0 bridgehead atoms. The number of ether oxygens (including phenoxy) is 2. The Morgan fingerprint density at radius 1 is 1.10 bits per heavy atom. The number of carbonyl (C=O) groups is 3. The maximum atomic E-state index is 12.4. The second-order valence-electron chi connectivity index (χ2n) is 6.61. The van der Waals surface area contributed by atoms with Crippen molar-refractivity contribution in [1.82, 2.24) is 0 Å². The zero-order valence-corrected chi connectivity index (χ0v) is 17.3. The number of benzene rings is 2. The third-order valence-electron chi connectivity index (χ3n) is 4.34. The average Bonchev–Trinajstić information content (AvgIpc) is 2.77. The highest BCUT2D eigenvalue weighted by atomic mass is 16.5. The van der Waals surface area contributed by atoms with Crippen molar-refractivity contribution in [2.45, 2.75) is 19.8 Å². The molecule has 2 rings (SSSR count). The maximum Gasteiger partial charge on any atom is 0.340 e. The summed E-state index contributed by atoms with van der Waals surface area (Å²) in [7, 11) is 1.58. The average molecular weight is 421 g/mol. The molecule has 0 fully saturated rings. The largest absolute Gasteiger partial charge is 0.497 e. The second kappa shape index (κ2) is 11.2. The number of allylic oxidation sites excluding steroid dienone is 1. The molecule has 1 amide bonds. The number of hydrogen-bond acceptors (Lipinski definition) is 7. The van der Waals surface area contributed by atoms with E-state index in [1.54, 1.807) is 31.4 Å². The van der Waals surface area contributed by atoms with Gasteiger partial charge in [-0.1, -0.05) is 24.3 Å². The van der Waals surface area contributed by atoms with Gasteiger partial charge in [-0.3, -0.25) is 9.59 Å². The number of hydrogen-bond donors (Lipinski definition) is 2. The number of aryl methyl sites for hydroxylation is 1. The number of nitrogens with two attached hydrogens (primary N) is 1. The van der Waals surface area contributed by atoms with Crippen molar-refractivity contribution >= 4 is 23.3 Å². The van der Waals surface area contributed by atoms with Crippen molar-refractivity contribution in [3.05, 3.63) is 70.9 Å². The van der Waals surface area contributed by atoms with E-state index >= 15 is 0 Å². The van der Waals surface area contributed by atoms with Crippen LogP contribution >= 0.6 is 0 Å². The molecule has 8 heteroatoms. The summed E-state index contributed by atoms with van der Waals surface area (Å²) in [5.41, 5.74) is 6.60. The Hall–Kier alpha value is -4.12. The molecule has 0 spiro atoms. The number of carbonyl (C=O) groups excluding carboxylic acids is 3. The predicted molar refractivity (Wildman–Crippen MR) is 114 cm³/mol. The Labute approximate surface area is 180 Å². The van der Waals surface area contributed by atoms with Gasteiger partial charge >= 0.3 is 5.97 Å². The number of nitrogens with one attached hydrogen (secondary N) is 1. The van der Waals surface area contributed by atoms with Gasteiger partial charge in [0.2, 0.25) is 11.7 Å². The molecule has 2 aromatic rings. The van der Waals surface area contributed by atoms with E-state index in [1.807, 2.05) is 24.3 Å². The van der Waals surface area contributed by atoms with Gasteiger partial charge in [-0.25, -0.2) is 4.79 Å². The molecule has 0 saturated carbocycles. The van der Waals surface area contributed by atoms with Crippen molar-refractivity contribution in [1.29, 1.82) is 5.26 Å². The van der Waals surface area contributed by atoms with Gasteiger partial charge in [-0.15, -0.1) is 0 Å². The first-order chi connectivity index (χ1) is 14.8. The minimum Gasteiger partial charge on any atom is -0.497 e. The number of ketones is 1. The van der Waals surface area contributed by atoms with Crippen LogP contribution in [0.5, 0.6) is 5.75 Å². The van der Waals surface area contributed by atoms with Gasteiger partial charge in [0.15, 0.2) is 6.61 Å². The van der Waals surface area contributed by atoms with Crippen LogP contribution in [-0.4, -0.2) is 31.4 Å². The topological polar surface area (TPSA) is 132 Å². The highest BCUT2D eigenvalue weighted by Crippen LogP contribution is 2.18. The van der Waals surface area contributed by atoms with E-state index in [-0.39, 0.29) is 34.8 Å². The molecule has 0 radical (unpaired) electrons. The normalized spacial score (nSPS) is 11.0. The molecule has 0 unspecified atom stereocenters. The lowest BCUT2D eigenvalue weighted by molar-refractivity contribution is -0.118. The first-order valence-corrected chi connectivity index (χ1v) is 9.44. The van der Waals surface area contributed by atoms with Crippen LogP contribution in [-0.2, 0) is 20.7 Å². The smallest absolute Gasteiger partial charge is 0.340 e. The summed E-state index contributed by atoms with van der Waals surface area (Å²) in [5, 5.41) is 11.6. The fraction of sp³-hybridized carbons (Fsp3) is 0.217. The molecule has 3 N–H and O–H groups in total. The summed E-state index contributed by atoms with van der Waals surface area (Å²) >= 11 is 0. The molecule has 0 aliphatic heterocycles. The van der Waals surface area contributed by atoms with Gasteiger partial charge < -0.3 is 20.5 Å². The molecule has 0 aliphatic carbocycles. The van der Waals surface area contributed by atoms with Gasteiger partial charge in [0, 0.05) is 12.1 Å². The maximum absolute atomic E-state index is 12.4. The Balaban J connectivity index is 1.98. The van der Waals surface area contributed by atoms with Crippen LogP contribution < -0.4 is 15.8 Å². The molecule has 0 aromatic heterocycles. The predicted octanol–water partition coefficient (Wildman–Crippen LogP) is 2.75.